The predicted octanol–water partition coefficient (Wildman–Crippen LogP) is 3.89. The van der Waals surface area contributed by atoms with E-state index in [9.17, 15) is 0 Å². The molecule has 0 aliphatic heterocycles. The summed E-state index contributed by atoms with van der Waals surface area (Å²) in [6.45, 7) is 5.91. The molecule has 0 bridgehead atoms. The van der Waals surface area contributed by atoms with Gasteiger partial charge >= 0.3 is 141 Å². The van der Waals surface area contributed by atoms with Crippen molar-refractivity contribution < 1.29 is 0 Å². The van der Waals surface area contributed by atoms with Crippen LogP contribution < -0.4 is 15.9 Å². The standard InChI is InChI=1S/C21H24BP/c1-18(2)22-23(19-12-6-3-7-13-19,20-14-8-4-9-15-20)21-16-10-5-11-17-21/h3-18,22-23H,1-2H3. The zero-order valence-electron chi connectivity index (χ0n) is 13.9. The second kappa shape index (κ2) is 7.15. The summed E-state index contributed by atoms with van der Waals surface area (Å²) in [6.07, 6.45) is 0. The molecule has 3 aromatic carbocycles. The van der Waals surface area contributed by atoms with Gasteiger partial charge in [-0.05, 0) is 0 Å². The molecule has 0 nitrogen and oxygen atoms in total. The molecular formula is C21H24BP. The quantitative estimate of drug-likeness (QED) is 0.494. The number of rotatable bonds is 5. The van der Waals surface area contributed by atoms with E-state index in [1.54, 1.807) is 0 Å². The molecule has 0 heterocycles. The van der Waals surface area contributed by atoms with Gasteiger partial charge in [-0.2, -0.15) is 0 Å². The van der Waals surface area contributed by atoms with E-state index in [2.05, 4.69) is 105 Å². The Kier molecular flexibility index (Phi) is 4.98. The summed E-state index contributed by atoms with van der Waals surface area (Å²) in [6, 6.07) is 33.4. The second-order valence-electron chi connectivity index (χ2n) is 6.60. The molecule has 0 N–H and O–H groups in total. The van der Waals surface area contributed by atoms with Gasteiger partial charge in [0.1, 0.15) is 0 Å². The molecule has 0 aliphatic carbocycles. The van der Waals surface area contributed by atoms with Crippen molar-refractivity contribution in [1.29, 1.82) is 0 Å². The van der Waals surface area contributed by atoms with Crippen molar-refractivity contribution >= 4 is 30.1 Å². The van der Waals surface area contributed by atoms with Crippen LogP contribution in [0.4, 0.5) is 0 Å². The molecule has 0 aromatic heterocycles. The molecule has 116 valence electrons. The average molecular weight is 318 g/mol. The minimum atomic E-state index is -1.99. The van der Waals surface area contributed by atoms with E-state index in [0.29, 0.717) is 5.82 Å². The van der Waals surface area contributed by atoms with E-state index in [4.69, 9.17) is 0 Å². The third kappa shape index (κ3) is 3.26. The monoisotopic (exact) mass is 318 g/mol. The van der Waals surface area contributed by atoms with E-state index in [1.807, 2.05) is 0 Å². The van der Waals surface area contributed by atoms with Crippen LogP contribution in [0.1, 0.15) is 13.8 Å². The first kappa shape index (κ1) is 16.0. The Bertz CT molecular complexity index is 627. The van der Waals surface area contributed by atoms with Crippen LogP contribution in [-0.2, 0) is 0 Å². The van der Waals surface area contributed by atoms with Crippen LogP contribution in [-0.4, -0.2) is 7.00 Å². The van der Waals surface area contributed by atoms with Crippen molar-refractivity contribution in [3.63, 3.8) is 0 Å². The van der Waals surface area contributed by atoms with Gasteiger partial charge in [0, 0.05) is 0 Å². The first-order chi connectivity index (χ1) is 11.2. The van der Waals surface area contributed by atoms with Crippen LogP contribution >= 0.6 is 7.14 Å². The van der Waals surface area contributed by atoms with Crippen molar-refractivity contribution in [2.45, 2.75) is 19.7 Å². The molecule has 0 amide bonds. The van der Waals surface area contributed by atoms with E-state index in [0.717, 1.165) is 0 Å². The van der Waals surface area contributed by atoms with Crippen LogP contribution in [0.15, 0.2) is 91.0 Å². The maximum atomic E-state index is 2.34. The molecule has 0 spiro atoms. The van der Waals surface area contributed by atoms with Crippen LogP contribution in [0.3, 0.4) is 0 Å². The number of benzene rings is 3. The summed E-state index contributed by atoms with van der Waals surface area (Å²) in [4.78, 5) is 0. The fourth-order valence-corrected chi connectivity index (χ4v) is 8.85. The van der Waals surface area contributed by atoms with Gasteiger partial charge in [0.05, 0.1) is 0 Å². The van der Waals surface area contributed by atoms with Crippen molar-refractivity contribution in [2.24, 2.45) is 0 Å². The fourth-order valence-electron chi connectivity index (χ4n) is 3.63. The molecule has 0 unspecified atom stereocenters. The van der Waals surface area contributed by atoms with E-state index >= 15 is 0 Å². The van der Waals surface area contributed by atoms with Crippen molar-refractivity contribution in [3.8, 4) is 0 Å². The Morgan fingerprint density at radius 1 is 0.565 bits per heavy atom. The first-order valence-electron chi connectivity index (χ1n) is 8.40. The molecule has 0 aliphatic rings. The first-order valence-corrected chi connectivity index (χ1v) is 10.6. The normalized spacial score (nSPS) is 12.1. The summed E-state index contributed by atoms with van der Waals surface area (Å²) in [7, 11) is -1.99. The topological polar surface area (TPSA) is 0 Å². The molecule has 3 rings (SSSR count). The van der Waals surface area contributed by atoms with Gasteiger partial charge in [-0.1, -0.05) is 0 Å². The Labute approximate surface area is 141 Å². The maximum absolute atomic E-state index is 2.34. The molecule has 23 heavy (non-hydrogen) atoms. The number of hydrogen-bond acceptors (Lipinski definition) is 0. The summed E-state index contributed by atoms with van der Waals surface area (Å²) in [5, 5.41) is 4.52. The molecule has 0 radical (unpaired) electrons. The van der Waals surface area contributed by atoms with Gasteiger partial charge in [0.15, 0.2) is 0 Å². The zero-order chi connectivity index (χ0) is 16.1. The van der Waals surface area contributed by atoms with Crippen LogP contribution in [0.5, 0.6) is 0 Å². The van der Waals surface area contributed by atoms with Gasteiger partial charge in [-0.15, -0.1) is 0 Å². The Balaban J connectivity index is 2.30. The van der Waals surface area contributed by atoms with E-state index < -0.39 is 7.14 Å². The van der Waals surface area contributed by atoms with Crippen LogP contribution in [0.25, 0.3) is 0 Å². The minimum absolute atomic E-state index is 0.655. The molecular weight excluding hydrogens is 294 g/mol. The Hall–Kier alpha value is -1.85. The second-order valence-corrected chi connectivity index (χ2v) is 10.6. The summed E-state index contributed by atoms with van der Waals surface area (Å²) in [5.41, 5.74) is 0. The van der Waals surface area contributed by atoms with Gasteiger partial charge < -0.3 is 0 Å². The van der Waals surface area contributed by atoms with Crippen LogP contribution in [0.2, 0.25) is 5.82 Å². The summed E-state index contributed by atoms with van der Waals surface area (Å²) >= 11 is 0. The third-order valence-corrected chi connectivity index (χ3v) is 9.90. The van der Waals surface area contributed by atoms with Gasteiger partial charge in [0.25, 0.3) is 0 Å². The third-order valence-electron chi connectivity index (χ3n) is 4.51. The molecule has 0 fully saturated rings. The van der Waals surface area contributed by atoms with Gasteiger partial charge in [-0.3, -0.25) is 0 Å². The van der Waals surface area contributed by atoms with Crippen molar-refractivity contribution in [2.75, 3.05) is 0 Å². The van der Waals surface area contributed by atoms with Gasteiger partial charge in [-0.25, -0.2) is 0 Å². The van der Waals surface area contributed by atoms with Crippen LogP contribution in [0, 0.1) is 0 Å². The molecule has 3 aromatic rings. The van der Waals surface area contributed by atoms with Gasteiger partial charge in [0.2, 0.25) is 0 Å². The molecule has 0 saturated carbocycles. The number of hydrogen-bond donors (Lipinski definition) is 0. The average Bonchev–Trinajstić information content (AvgIpc) is 2.62. The van der Waals surface area contributed by atoms with Crippen molar-refractivity contribution in [3.05, 3.63) is 91.0 Å². The predicted molar refractivity (Wildman–Crippen MR) is 109 cm³/mol. The Morgan fingerprint density at radius 2 is 0.870 bits per heavy atom. The zero-order valence-corrected chi connectivity index (χ0v) is 14.9. The fraction of sp³-hybridized carbons (Fsp3) is 0.143. The summed E-state index contributed by atoms with van der Waals surface area (Å²) in [5.74, 6) is 0.655. The molecule has 0 saturated heterocycles. The van der Waals surface area contributed by atoms with Crippen molar-refractivity contribution in [1.82, 2.24) is 0 Å². The molecule has 2 heteroatoms. The van der Waals surface area contributed by atoms with E-state index in [1.165, 1.54) is 22.9 Å². The molecule has 0 atom stereocenters. The Morgan fingerprint density at radius 3 is 1.13 bits per heavy atom. The SMILES string of the molecule is CC(C)B[PH](c1ccccc1)(c1ccccc1)c1ccccc1. The summed E-state index contributed by atoms with van der Waals surface area (Å²) < 4.78 is 0. The van der Waals surface area contributed by atoms with E-state index in [-0.39, 0.29) is 0 Å².